The summed E-state index contributed by atoms with van der Waals surface area (Å²) in [7, 11) is 0. The van der Waals surface area contributed by atoms with E-state index >= 15 is 0 Å². The van der Waals surface area contributed by atoms with Crippen molar-refractivity contribution in [2.75, 3.05) is 6.61 Å². The van der Waals surface area contributed by atoms with Crippen LogP contribution in [0, 0.1) is 0 Å². The molecule has 0 saturated carbocycles. The summed E-state index contributed by atoms with van der Waals surface area (Å²) in [6.45, 7) is 0.311. The fourth-order valence-electron chi connectivity index (χ4n) is 1.68. The second-order valence-electron chi connectivity index (χ2n) is 4.07. The summed E-state index contributed by atoms with van der Waals surface area (Å²) in [5.74, 6) is -0.649. The lowest BCUT2D eigenvalue weighted by atomic mass is 10.2. The number of hydrogen-bond acceptors (Lipinski definition) is 2. The first-order valence-corrected chi connectivity index (χ1v) is 6.83. The van der Waals surface area contributed by atoms with Crippen molar-refractivity contribution in [3.8, 4) is 5.75 Å². The topological polar surface area (TPSA) is 46.5 Å². The van der Waals surface area contributed by atoms with Crippen LogP contribution in [0.4, 0.5) is 0 Å². The van der Waals surface area contributed by atoms with Gasteiger partial charge in [-0.05, 0) is 29.8 Å². The highest BCUT2D eigenvalue weighted by Crippen LogP contribution is 2.23. The number of carbonyl (C=O) groups is 1. The van der Waals surface area contributed by atoms with Gasteiger partial charge in [-0.3, -0.25) is 0 Å². The summed E-state index contributed by atoms with van der Waals surface area (Å²) in [5, 5.41) is 9.08. The van der Waals surface area contributed by atoms with Gasteiger partial charge < -0.3 is 9.84 Å². The number of hydrogen-bond donors (Lipinski definition) is 1. The molecule has 0 radical (unpaired) electrons. The first kappa shape index (κ1) is 14.3. The minimum absolute atomic E-state index is 0.154. The first-order valence-electron chi connectivity index (χ1n) is 6.04. The minimum Gasteiger partial charge on any atom is -0.489 e. The summed E-state index contributed by atoms with van der Waals surface area (Å²) in [6.07, 6.45) is 3.78. The van der Waals surface area contributed by atoms with Gasteiger partial charge in [0.05, 0.1) is 0 Å². The van der Waals surface area contributed by atoms with E-state index < -0.39 is 5.97 Å². The van der Waals surface area contributed by atoms with Crippen LogP contribution in [-0.4, -0.2) is 17.7 Å². The predicted octanol–water partition coefficient (Wildman–Crippen LogP) is 4.24. The van der Waals surface area contributed by atoms with Crippen molar-refractivity contribution in [3.63, 3.8) is 0 Å². The molecule has 102 valence electrons. The molecule has 20 heavy (non-hydrogen) atoms. The summed E-state index contributed by atoms with van der Waals surface area (Å²) in [6, 6.07) is 14.7. The molecule has 0 bridgehead atoms. The number of carboxylic acid groups (broad SMARTS) is 1. The van der Waals surface area contributed by atoms with E-state index in [-0.39, 0.29) is 5.56 Å². The van der Waals surface area contributed by atoms with Crippen molar-refractivity contribution in [2.24, 2.45) is 0 Å². The van der Waals surface area contributed by atoms with Crippen molar-refractivity contribution in [2.45, 2.75) is 0 Å². The zero-order valence-electron chi connectivity index (χ0n) is 10.6. The van der Waals surface area contributed by atoms with Crippen molar-refractivity contribution >= 4 is 28.0 Å². The van der Waals surface area contributed by atoms with Crippen molar-refractivity contribution in [1.29, 1.82) is 0 Å². The van der Waals surface area contributed by atoms with Crippen molar-refractivity contribution in [3.05, 3.63) is 70.2 Å². The van der Waals surface area contributed by atoms with Crippen molar-refractivity contribution in [1.82, 2.24) is 0 Å². The average molecular weight is 333 g/mol. The molecule has 4 heteroatoms. The molecule has 0 unspecified atom stereocenters. The second kappa shape index (κ2) is 6.91. The Hall–Kier alpha value is -2.07. The number of aromatic carboxylic acids is 1. The van der Waals surface area contributed by atoms with Gasteiger partial charge >= 0.3 is 5.97 Å². The molecule has 0 aromatic heterocycles. The Morgan fingerprint density at radius 1 is 1.20 bits per heavy atom. The summed E-state index contributed by atoms with van der Waals surface area (Å²) in [4.78, 5) is 11.1. The van der Waals surface area contributed by atoms with Crippen LogP contribution in [0.1, 0.15) is 15.9 Å². The number of ether oxygens (including phenoxy) is 1. The van der Waals surface area contributed by atoms with Gasteiger partial charge in [-0.15, -0.1) is 0 Å². The molecule has 2 aromatic carbocycles. The largest absolute Gasteiger partial charge is 0.489 e. The lowest BCUT2D eigenvalue weighted by Crippen LogP contribution is -2.03. The zero-order valence-corrected chi connectivity index (χ0v) is 12.2. The maximum absolute atomic E-state index is 11.1. The molecule has 0 amide bonds. The molecule has 0 spiro atoms. The van der Waals surface area contributed by atoms with Crippen LogP contribution >= 0.6 is 15.9 Å². The highest BCUT2D eigenvalue weighted by Gasteiger charge is 2.10. The van der Waals surface area contributed by atoms with Gasteiger partial charge in [-0.2, -0.15) is 0 Å². The molecule has 0 heterocycles. The maximum atomic E-state index is 11.1. The van der Waals surface area contributed by atoms with E-state index in [0.29, 0.717) is 12.4 Å². The molecular formula is C16H13BrO3. The third kappa shape index (κ3) is 3.96. The number of halogens is 1. The van der Waals surface area contributed by atoms with Gasteiger partial charge in [0, 0.05) is 4.47 Å². The normalized spacial score (nSPS) is 10.7. The van der Waals surface area contributed by atoms with E-state index in [1.165, 1.54) is 6.07 Å². The molecule has 0 aliphatic heterocycles. The van der Waals surface area contributed by atoms with Gasteiger partial charge in [-0.1, -0.05) is 52.3 Å². The smallest absolute Gasteiger partial charge is 0.339 e. The molecule has 0 saturated heterocycles. The molecule has 1 N–H and O–H groups in total. The molecule has 2 rings (SSSR count). The number of benzene rings is 2. The summed E-state index contributed by atoms with van der Waals surface area (Å²) < 4.78 is 6.29. The third-order valence-electron chi connectivity index (χ3n) is 2.62. The van der Waals surface area contributed by atoms with E-state index in [1.54, 1.807) is 12.1 Å². The quantitative estimate of drug-likeness (QED) is 0.890. The van der Waals surface area contributed by atoms with Crippen LogP contribution in [0.25, 0.3) is 6.08 Å². The maximum Gasteiger partial charge on any atom is 0.339 e. The van der Waals surface area contributed by atoms with Crippen LogP contribution in [0.5, 0.6) is 5.75 Å². The summed E-state index contributed by atoms with van der Waals surface area (Å²) >= 11 is 3.30. The SMILES string of the molecule is O=C(O)c1ccc(Br)cc1OCC=Cc1ccccc1. The fourth-order valence-corrected chi connectivity index (χ4v) is 2.02. The Kier molecular flexibility index (Phi) is 4.96. The van der Waals surface area contributed by atoms with Gasteiger partial charge in [0.1, 0.15) is 17.9 Å². The molecule has 0 atom stereocenters. The minimum atomic E-state index is -1.00. The predicted molar refractivity (Wildman–Crippen MR) is 82.1 cm³/mol. The van der Waals surface area contributed by atoms with Gasteiger partial charge in [0.15, 0.2) is 0 Å². The standard InChI is InChI=1S/C16H13BrO3/c17-13-8-9-14(16(18)19)15(11-13)20-10-4-7-12-5-2-1-3-6-12/h1-9,11H,10H2,(H,18,19). The Labute approximate surface area is 125 Å². The molecule has 0 aliphatic rings. The molecular weight excluding hydrogens is 320 g/mol. The Balaban J connectivity index is 2.02. The molecule has 0 fully saturated rings. The highest BCUT2D eigenvalue weighted by atomic mass is 79.9. The zero-order chi connectivity index (χ0) is 14.4. The first-order chi connectivity index (χ1) is 9.66. The Bertz CT molecular complexity index is 621. The Morgan fingerprint density at radius 2 is 1.95 bits per heavy atom. The lowest BCUT2D eigenvalue weighted by Gasteiger charge is -2.07. The van der Waals surface area contributed by atoms with Gasteiger partial charge in [0.2, 0.25) is 0 Å². The molecule has 3 nitrogen and oxygen atoms in total. The van der Waals surface area contributed by atoms with Gasteiger partial charge in [0.25, 0.3) is 0 Å². The van der Waals surface area contributed by atoms with E-state index in [0.717, 1.165) is 10.0 Å². The molecule has 0 aliphatic carbocycles. The Morgan fingerprint density at radius 3 is 2.65 bits per heavy atom. The average Bonchev–Trinajstić information content (AvgIpc) is 2.44. The lowest BCUT2D eigenvalue weighted by molar-refractivity contribution is 0.0693. The molecule has 2 aromatic rings. The monoisotopic (exact) mass is 332 g/mol. The van der Waals surface area contributed by atoms with E-state index in [4.69, 9.17) is 9.84 Å². The fraction of sp³-hybridized carbons (Fsp3) is 0.0625. The second-order valence-corrected chi connectivity index (χ2v) is 4.99. The van der Waals surface area contributed by atoms with Crippen molar-refractivity contribution < 1.29 is 14.6 Å². The van der Waals surface area contributed by atoms with Crippen LogP contribution in [0.15, 0.2) is 59.1 Å². The van der Waals surface area contributed by atoms with Gasteiger partial charge in [-0.25, -0.2) is 4.79 Å². The third-order valence-corrected chi connectivity index (χ3v) is 3.11. The highest BCUT2D eigenvalue weighted by molar-refractivity contribution is 9.10. The van der Waals surface area contributed by atoms with E-state index in [2.05, 4.69) is 15.9 Å². The van der Waals surface area contributed by atoms with E-state index in [9.17, 15) is 4.79 Å². The number of carboxylic acids is 1. The van der Waals surface area contributed by atoms with Crippen LogP contribution in [-0.2, 0) is 0 Å². The van der Waals surface area contributed by atoms with Crippen LogP contribution in [0.3, 0.4) is 0 Å². The van der Waals surface area contributed by atoms with Crippen LogP contribution < -0.4 is 4.74 Å². The van der Waals surface area contributed by atoms with Crippen LogP contribution in [0.2, 0.25) is 0 Å². The van der Waals surface area contributed by atoms with E-state index in [1.807, 2.05) is 42.5 Å². The summed E-state index contributed by atoms with van der Waals surface area (Å²) in [5.41, 5.74) is 1.23. The number of rotatable bonds is 5.